The number of hydrogen-bond donors (Lipinski definition) is 1. The van der Waals surface area contributed by atoms with Crippen LogP contribution >= 0.6 is 0 Å². The highest BCUT2D eigenvalue weighted by Gasteiger charge is 2.20. The summed E-state index contributed by atoms with van der Waals surface area (Å²) in [4.78, 5) is 2.62. The molecule has 6 heteroatoms. The monoisotopic (exact) mass is 374 g/mol. The Morgan fingerprint density at radius 1 is 1.04 bits per heavy atom. The fourth-order valence-corrected chi connectivity index (χ4v) is 4.69. The number of ether oxygens (including phenoxy) is 1. The van der Waals surface area contributed by atoms with E-state index < -0.39 is 10.0 Å². The minimum Gasteiger partial charge on any atom is -0.381 e. The van der Waals surface area contributed by atoms with Crippen molar-refractivity contribution in [1.82, 2.24) is 0 Å². The van der Waals surface area contributed by atoms with Gasteiger partial charge in [-0.1, -0.05) is 17.7 Å². The van der Waals surface area contributed by atoms with Crippen LogP contribution in [0, 0.1) is 13.8 Å². The van der Waals surface area contributed by atoms with Crippen molar-refractivity contribution in [3.63, 3.8) is 0 Å². The fraction of sp³-hybridized carbons (Fsp3) is 0.400. The molecule has 1 aliphatic rings. The molecule has 2 aromatic rings. The van der Waals surface area contributed by atoms with Gasteiger partial charge >= 0.3 is 0 Å². The molecule has 5 nitrogen and oxygen atoms in total. The predicted octanol–water partition coefficient (Wildman–Crippen LogP) is 3.72. The van der Waals surface area contributed by atoms with Gasteiger partial charge in [-0.05, 0) is 62.6 Å². The maximum Gasteiger partial charge on any atom is 0.262 e. The topological polar surface area (TPSA) is 58.6 Å². The van der Waals surface area contributed by atoms with E-state index in [2.05, 4.69) is 9.62 Å². The van der Waals surface area contributed by atoms with Crippen LogP contribution in [0.25, 0.3) is 0 Å². The lowest BCUT2D eigenvalue weighted by molar-refractivity contribution is 0.0819. The summed E-state index contributed by atoms with van der Waals surface area (Å²) in [6.45, 7) is 5.66. The van der Waals surface area contributed by atoms with Gasteiger partial charge in [-0.15, -0.1) is 0 Å². The lowest BCUT2D eigenvalue weighted by Crippen LogP contribution is -2.36. The Morgan fingerprint density at radius 3 is 2.27 bits per heavy atom. The molecule has 0 aliphatic carbocycles. The normalized spacial score (nSPS) is 15.9. The van der Waals surface area contributed by atoms with Gasteiger partial charge in [-0.3, -0.25) is 4.72 Å². The number of piperidine rings is 1. The van der Waals surface area contributed by atoms with Gasteiger partial charge in [0.25, 0.3) is 10.0 Å². The third-order valence-corrected chi connectivity index (χ3v) is 6.42. The highest BCUT2D eigenvalue weighted by atomic mass is 32.2. The SMILES string of the molecule is COC1CCN(c2ccc(NS(=O)(=O)c3ccc(C)cc3C)cc2)CC1. The van der Waals surface area contributed by atoms with Crippen LogP contribution in [0.3, 0.4) is 0 Å². The van der Waals surface area contributed by atoms with Crippen molar-refractivity contribution in [3.05, 3.63) is 53.6 Å². The van der Waals surface area contributed by atoms with Gasteiger partial charge in [-0.2, -0.15) is 0 Å². The maximum absolute atomic E-state index is 12.7. The third kappa shape index (κ3) is 4.19. The standard InChI is InChI=1S/C20H26N2O3S/c1-15-4-9-20(16(2)14-15)26(23,24)21-17-5-7-18(8-6-17)22-12-10-19(25-3)11-13-22/h4-9,14,19,21H,10-13H2,1-3H3. The first-order valence-corrected chi connectivity index (χ1v) is 10.4. The van der Waals surface area contributed by atoms with Gasteiger partial charge in [0.15, 0.2) is 0 Å². The smallest absolute Gasteiger partial charge is 0.262 e. The van der Waals surface area contributed by atoms with Crippen molar-refractivity contribution < 1.29 is 13.2 Å². The van der Waals surface area contributed by atoms with Crippen LogP contribution in [0.2, 0.25) is 0 Å². The summed E-state index contributed by atoms with van der Waals surface area (Å²) < 4.78 is 33.4. The lowest BCUT2D eigenvalue weighted by Gasteiger charge is -2.33. The fourth-order valence-electron chi connectivity index (χ4n) is 3.40. The molecule has 0 saturated carbocycles. The summed E-state index contributed by atoms with van der Waals surface area (Å²) in [5.74, 6) is 0. The van der Waals surface area contributed by atoms with E-state index in [1.165, 1.54) is 0 Å². The quantitative estimate of drug-likeness (QED) is 0.867. The minimum absolute atomic E-state index is 0.314. The molecule has 26 heavy (non-hydrogen) atoms. The van der Waals surface area contributed by atoms with E-state index in [-0.39, 0.29) is 0 Å². The molecule has 0 spiro atoms. The van der Waals surface area contributed by atoms with Crippen LogP contribution < -0.4 is 9.62 Å². The largest absolute Gasteiger partial charge is 0.381 e. The first-order valence-electron chi connectivity index (χ1n) is 8.87. The second-order valence-corrected chi connectivity index (χ2v) is 8.49. The van der Waals surface area contributed by atoms with E-state index in [0.717, 1.165) is 42.7 Å². The zero-order valence-electron chi connectivity index (χ0n) is 15.5. The van der Waals surface area contributed by atoms with E-state index >= 15 is 0 Å². The molecule has 1 fully saturated rings. The molecule has 1 saturated heterocycles. The summed E-state index contributed by atoms with van der Waals surface area (Å²) in [5, 5.41) is 0. The van der Waals surface area contributed by atoms with Crippen molar-refractivity contribution in [2.75, 3.05) is 29.8 Å². The Balaban J connectivity index is 1.71. The molecule has 1 aliphatic heterocycles. The predicted molar refractivity (Wildman–Crippen MR) is 105 cm³/mol. The van der Waals surface area contributed by atoms with Gasteiger partial charge < -0.3 is 9.64 Å². The molecule has 1 heterocycles. The number of benzene rings is 2. The van der Waals surface area contributed by atoms with Gasteiger partial charge in [0.05, 0.1) is 11.0 Å². The van der Waals surface area contributed by atoms with Crippen LogP contribution in [-0.4, -0.2) is 34.7 Å². The van der Waals surface area contributed by atoms with Gasteiger partial charge in [-0.25, -0.2) is 8.42 Å². The Labute approximate surface area is 156 Å². The summed E-state index contributed by atoms with van der Waals surface area (Å²) in [7, 11) is -1.83. The number of methoxy groups -OCH3 is 1. The van der Waals surface area contributed by atoms with Crippen molar-refractivity contribution in [2.24, 2.45) is 0 Å². The average molecular weight is 375 g/mol. The maximum atomic E-state index is 12.7. The molecule has 0 aromatic heterocycles. The summed E-state index contributed by atoms with van der Waals surface area (Å²) in [5.41, 5.74) is 3.47. The second kappa shape index (κ2) is 7.68. The van der Waals surface area contributed by atoms with Crippen molar-refractivity contribution in [3.8, 4) is 0 Å². The molecule has 0 bridgehead atoms. The molecule has 3 rings (SSSR count). The van der Waals surface area contributed by atoms with Crippen molar-refractivity contribution in [1.29, 1.82) is 0 Å². The van der Waals surface area contributed by atoms with Gasteiger partial charge in [0.1, 0.15) is 0 Å². The Bertz CT molecular complexity index is 855. The molecular formula is C20H26N2O3S. The van der Waals surface area contributed by atoms with Crippen molar-refractivity contribution in [2.45, 2.75) is 37.7 Å². The molecule has 0 unspecified atom stereocenters. The first kappa shape index (κ1) is 18.7. The van der Waals surface area contributed by atoms with Crippen molar-refractivity contribution >= 4 is 21.4 Å². The molecular weight excluding hydrogens is 348 g/mol. The molecule has 0 radical (unpaired) electrons. The number of anilines is 2. The highest BCUT2D eigenvalue weighted by Crippen LogP contribution is 2.25. The van der Waals surface area contributed by atoms with E-state index in [0.29, 0.717) is 16.7 Å². The zero-order chi connectivity index (χ0) is 18.7. The number of hydrogen-bond acceptors (Lipinski definition) is 4. The molecule has 0 atom stereocenters. The summed E-state index contributed by atoms with van der Waals surface area (Å²) in [6, 6.07) is 12.9. The van der Waals surface area contributed by atoms with Crippen LogP contribution in [0.15, 0.2) is 47.4 Å². The molecule has 1 N–H and O–H groups in total. The summed E-state index contributed by atoms with van der Waals surface area (Å²) >= 11 is 0. The second-order valence-electron chi connectivity index (χ2n) is 6.84. The first-order chi connectivity index (χ1) is 12.4. The Morgan fingerprint density at radius 2 is 1.69 bits per heavy atom. The molecule has 2 aromatic carbocycles. The van der Waals surface area contributed by atoms with E-state index in [1.807, 2.05) is 50.2 Å². The number of aryl methyl sites for hydroxylation is 2. The number of nitrogens with one attached hydrogen (secondary N) is 1. The Kier molecular flexibility index (Phi) is 5.53. The van der Waals surface area contributed by atoms with Gasteiger partial charge in [0.2, 0.25) is 0 Å². The van der Waals surface area contributed by atoms with Gasteiger partial charge in [0, 0.05) is 31.6 Å². The van der Waals surface area contributed by atoms with Crippen LogP contribution in [0.4, 0.5) is 11.4 Å². The van der Waals surface area contributed by atoms with E-state index in [9.17, 15) is 8.42 Å². The number of rotatable bonds is 5. The minimum atomic E-state index is -3.59. The number of sulfonamides is 1. The molecule has 140 valence electrons. The van der Waals surface area contributed by atoms with E-state index in [4.69, 9.17) is 4.74 Å². The highest BCUT2D eigenvalue weighted by molar-refractivity contribution is 7.92. The Hall–Kier alpha value is -2.05. The number of nitrogens with zero attached hydrogens (tertiary/aromatic N) is 1. The average Bonchev–Trinajstić information content (AvgIpc) is 2.62. The summed E-state index contributed by atoms with van der Waals surface area (Å²) in [6.07, 6.45) is 2.37. The van der Waals surface area contributed by atoms with Crippen LogP contribution in [0.5, 0.6) is 0 Å². The van der Waals surface area contributed by atoms with Crippen LogP contribution in [0.1, 0.15) is 24.0 Å². The van der Waals surface area contributed by atoms with E-state index in [1.54, 1.807) is 13.2 Å². The third-order valence-electron chi connectivity index (χ3n) is 4.88. The molecule has 0 amide bonds. The zero-order valence-corrected chi connectivity index (χ0v) is 16.3. The van der Waals surface area contributed by atoms with Crippen LogP contribution in [-0.2, 0) is 14.8 Å². The lowest BCUT2D eigenvalue weighted by atomic mass is 10.1.